The minimum Gasteiger partial charge on any atom is -0.472 e. The third kappa shape index (κ3) is 3.32. The van der Waals surface area contributed by atoms with Crippen LogP contribution in [0.15, 0.2) is 34.7 Å². The Morgan fingerprint density at radius 2 is 1.67 bits per heavy atom. The zero-order chi connectivity index (χ0) is 26.3. The molecule has 6 nitrogen and oxygen atoms in total. The molecule has 1 aromatic rings. The molecule has 6 heteroatoms. The number of ether oxygens (including phenoxy) is 2. The van der Waals surface area contributed by atoms with Crippen LogP contribution in [0.4, 0.5) is 0 Å². The van der Waals surface area contributed by atoms with Crippen LogP contribution in [0.2, 0.25) is 0 Å². The zero-order valence-electron chi connectivity index (χ0n) is 22.8. The lowest BCUT2D eigenvalue weighted by Gasteiger charge is -2.69. The van der Waals surface area contributed by atoms with E-state index in [1.165, 1.54) is 25.0 Å². The standard InChI is InChI=1S/C30H42O6/c1-17(31)35-25-14-23-27(3,4)24(33)15-26(36-18(2)32)30(23,7)22-10-12-28(5)20(19-11-13-34-16-19)8-9-21(28)29(22,25)6/h9,11,13,16,20,22-26,33H,8,10,12,14-15H2,1-7H3/t20-,22-,23-,24+,25+,26-,28-,29-,30+/m0/s1. The number of aliphatic hydroxyl groups excluding tert-OH is 1. The second-order valence-electron chi connectivity index (χ2n) is 13.2. The van der Waals surface area contributed by atoms with Gasteiger partial charge < -0.3 is 19.0 Å². The molecule has 1 N–H and O–H groups in total. The van der Waals surface area contributed by atoms with Crippen molar-refractivity contribution in [2.75, 3.05) is 0 Å². The van der Waals surface area contributed by atoms with Gasteiger partial charge in [-0.3, -0.25) is 9.59 Å². The molecular formula is C30H42O6. The summed E-state index contributed by atoms with van der Waals surface area (Å²) in [6, 6.07) is 2.07. The smallest absolute Gasteiger partial charge is 0.302 e. The van der Waals surface area contributed by atoms with Gasteiger partial charge >= 0.3 is 11.9 Å². The number of rotatable bonds is 3. The first-order valence-electron chi connectivity index (χ1n) is 13.5. The molecule has 198 valence electrons. The SMILES string of the molecule is CC(=O)O[C@H]1C[C@@H](O)C(C)(C)[C@@H]2C[C@@H](OC(C)=O)[C@@]3(C)C4=CC[C@@H](c5ccoc5)[C@]4(C)CC[C@@H]3[C@@]12C. The number of esters is 2. The van der Waals surface area contributed by atoms with E-state index in [0.29, 0.717) is 18.8 Å². The number of hydrogen-bond acceptors (Lipinski definition) is 6. The van der Waals surface area contributed by atoms with Crippen molar-refractivity contribution in [2.24, 2.45) is 33.5 Å². The van der Waals surface area contributed by atoms with E-state index in [2.05, 4.69) is 46.8 Å². The number of aliphatic hydroxyl groups is 1. The fourth-order valence-corrected chi connectivity index (χ4v) is 9.57. The zero-order valence-corrected chi connectivity index (χ0v) is 22.8. The van der Waals surface area contributed by atoms with Gasteiger partial charge in [0, 0.05) is 31.1 Å². The Balaban J connectivity index is 1.66. The predicted molar refractivity (Wildman–Crippen MR) is 135 cm³/mol. The summed E-state index contributed by atoms with van der Waals surface area (Å²) in [6.07, 6.45) is 8.64. The number of hydrogen-bond donors (Lipinski definition) is 1. The van der Waals surface area contributed by atoms with Crippen molar-refractivity contribution < 1.29 is 28.6 Å². The third-order valence-electron chi connectivity index (χ3n) is 11.3. The van der Waals surface area contributed by atoms with E-state index in [0.717, 1.165) is 19.3 Å². The molecule has 0 amide bonds. The highest BCUT2D eigenvalue weighted by atomic mass is 16.5. The average Bonchev–Trinajstić information content (AvgIpc) is 3.41. The van der Waals surface area contributed by atoms with E-state index in [1.807, 2.05) is 6.26 Å². The summed E-state index contributed by atoms with van der Waals surface area (Å²) < 4.78 is 17.7. The molecule has 5 rings (SSSR count). The highest BCUT2D eigenvalue weighted by molar-refractivity contribution is 5.67. The monoisotopic (exact) mass is 498 g/mol. The maximum Gasteiger partial charge on any atom is 0.302 e. The van der Waals surface area contributed by atoms with Gasteiger partial charge in [-0.05, 0) is 65.9 Å². The van der Waals surface area contributed by atoms with Crippen LogP contribution in [-0.2, 0) is 19.1 Å². The molecule has 9 atom stereocenters. The molecule has 0 saturated heterocycles. The molecule has 3 fully saturated rings. The summed E-state index contributed by atoms with van der Waals surface area (Å²) in [7, 11) is 0. The van der Waals surface area contributed by atoms with Gasteiger partial charge in [0.2, 0.25) is 0 Å². The van der Waals surface area contributed by atoms with E-state index >= 15 is 0 Å². The van der Waals surface area contributed by atoms with Crippen LogP contribution in [0.5, 0.6) is 0 Å². The Morgan fingerprint density at radius 3 is 2.28 bits per heavy atom. The summed E-state index contributed by atoms with van der Waals surface area (Å²) in [4.78, 5) is 24.7. The first kappa shape index (κ1) is 25.6. The van der Waals surface area contributed by atoms with Crippen molar-refractivity contribution in [1.29, 1.82) is 0 Å². The van der Waals surface area contributed by atoms with Crippen molar-refractivity contribution in [3.8, 4) is 0 Å². The van der Waals surface area contributed by atoms with Crippen LogP contribution in [0.25, 0.3) is 0 Å². The van der Waals surface area contributed by atoms with Gasteiger partial charge in [0.15, 0.2) is 0 Å². The Kier molecular flexibility index (Phi) is 5.83. The highest BCUT2D eigenvalue weighted by Crippen LogP contribution is 2.74. The van der Waals surface area contributed by atoms with Gasteiger partial charge in [0.1, 0.15) is 12.2 Å². The summed E-state index contributed by atoms with van der Waals surface area (Å²) >= 11 is 0. The van der Waals surface area contributed by atoms with Gasteiger partial charge in [-0.1, -0.05) is 46.3 Å². The molecule has 1 heterocycles. The first-order valence-corrected chi connectivity index (χ1v) is 13.5. The Bertz CT molecular complexity index is 1070. The van der Waals surface area contributed by atoms with Crippen molar-refractivity contribution in [1.82, 2.24) is 0 Å². The fraction of sp³-hybridized carbons (Fsp3) is 0.733. The summed E-state index contributed by atoms with van der Waals surface area (Å²) in [5, 5.41) is 11.2. The van der Waals surface area contributed by atoms with Gasteiger partial charge in [-0.25, -0.2) is 0 Å². The minimum absolute atomic E-state index is 0.0246. The lowest BCUT2D eigenvalue weighted by atomic mass is 9.36. The second-order valence-corrected chi connectivity index (χ2v) is 13.2. The van der Waals surface area contributed by atoms with Crippen LogP contribution >= 0.6 is 0 Å². The molecular weight excluding hydrogens is 456 g/mol. The largest absolute Gasteiger partial charge is 0.472 e. The Morgan fingerprint density at radius 1 is 1.00 bits per heavy atom. The van der Waals surface area contributed by atoms with Crippen molar-refractivity contribution >= 4 is 11.9 Å². The number of furan rings is 1. The van der Waals surface area contributed by atoms with E-state index in [-0.39, 0.29) is 46.8 Å². The van der Waals surface area contributed by atoms with E-state index in [4.69, 9.17) is 13.9 Å². The predicted octanol–water partition coefficient (Wildman–Crippen LogP) is 5.80. The van der Waals surface area contributed by atoms with Crippen molar-refractivity contribution in [3.63, 3.8) is 0 Å². The molecule has 0 aromatic carbocycles. The number of allylic oxidation sites excluding steroid dienone is 1. The minimum atomic E-state index is -0.604. The first-order chi connectivity index (χ1) is 16.8. The number of carbonyl (C=O) groups is 2. The quantitative estimate of drug-likeness (QED) is 0.419. The van der Waals surface area contributed by atoms with E-state index < -0.39 is 16.9 Å². The van der Waals surface area contributed by atoms with E-state index in [1.54, 1.807) is 6.26 Å². The van der Waals surface area contributed by atoms with Gasteiger partial charge in [0.05, 0.1) is 18.6 Å². The molecule has 0 bridgehead atoms. The molecule has 0 unspecified atom stereocenters. The third-order valence-corrected chi connectivity index (χ3v) is 11.3. The topological polar surface area (TPSA) is 86.0 Å². The van der Waals surface area contributed by atoms with Crippen LogP contribution in [0, 0.1) is 33.5 Å². The van der Waals surface area contributed by atoms with Crippen LogP contribution in [-0.4, -0.2) is 35.4 Å². The second kappa shape index (κ2) is 8.21. The molecule has 4 aliphatic rings. The molecule has 0 radical (unpaired) electrons. The summed E-state index contributed by atoms with van der Waals surface area (Å²) in [5.74, 6) is -0.104. The highest BCUT2D eigenvalue weighted by Gasteiger charge is 2.72. The average molecular weight is 499 g/mol. The van der Waals surface area contributed by atoms with Gasteiger partial charge in [-0.15, -0.1) is 0 Å². The number of carbonyl (C=O) groups excluding carboxylic acids is 2. The maximum absolute atomic E-state index is 12.5. The Labute approximate surface area is 214 Å². The van der Waals surface area contributed by atoms with Gasteiger partial charge in [-0.2, -0.15) is 0 Å². The lowest BCUT2D eigenvalue weighted by molar-refractivity contribution is -0.258. The molecule has 4 aliphatic carbocycles. The molecule has 1 aromatic heterocycles. The maximum atomic E-state index is 12.5. The van der Waals surface area contributed by atoms with Crippen molar-refractivity contribution in [3.05, 3.63) is 35.8 Å². The van der Waals surface area contributed by atoms with Crippen LogP contribution in [0.1, 0.15) is 92.1 Å². The Hall–Kier alpha value is -2.08. The molecule has 36 heavy (non-hydrogen) atoms. The lowest BCUT2D eigenvalue weighted by Crippen LogP contribution is -2.70. The van der Waals surface area contributed by atoms with Gasteiger partial charge in [0.25, 0.3) is 0 Å². The molecule has 0 aliphatic heterocycles. The normalized spacial score (nSPS) is 45.1. The van der Waals surface area contributed by atoms with Crippen LogP contribution in [0.3, 0.4) is 0 Å². The summed E-state index contributed by atoms with van der Waals surface area (Å²) in [6.45, 7) is 14.1. The molecule has 0 spiro atoms. The fourth-order valence-electron chi connectivity index (χ4n) is 9.57. The molecule has 3 saturated carbocycles. The van der Waals surface area contributed by atoms with Crippen LogP contribution < -0.4 is 0 Å². The summed E-state index contributed by atoms with van der Waals surface area (Å²) in [5.41, 5.74) is 1.34. The van der Waals surface area contributed by atoms with Crippen molar-refractivity contribution in [2.45, 2.75) is 105 Å². The van der Waals surface area contributed by atoms with E-state index in [9.17, 15) is 14.7 Å². The number of fused-ring (bicyclic) bond motifs is 5.